The molecule has 14 rings (SSSR count). The molecule has 0 aliphatic rings. The van der Waals surface area contributed by atoms with Gasteiger partial charge in [-0.1, -0.05) is 146 Å². The number of para-hydroxylation sites is 3. The first-order valence-corrected chi connectivity index (χ1v) is 23.5. The molecule has 5 heteroatoms. The first-order chi connectivity index (χ1) is 34.2. The van der Waals surface area contributed by atoms with Crippen molar-refractivity contribution in [2.75, 3.05) is 9.80 Å². The summed E-state index contributed by atoms with van der Waals surface area (Å²) in [6.45, 7) is 0. The number of benzene rings is 12. The van der Waals surface area contributed by atoms with Gasteiger partial charge in [-0.15, -0.1) is 0 Å². The van der Waals surface area contributed by atoms with Crippen molar-refractivity contribution in [2.24, 2.45) is 0 Å². The van der Waals surface area contributed by atoms with Gasteiger partial charge in [0.2, 0.25) is 0 Å². The summed E-state index contributed by atoms with van der Waals surface area (Å²) in [5.41, 5.74) is 13.4. The zero-order chi connectivity index (χ0) is 45.4. The highest BCUT2D eigenvalue weighted by atomic mass is 15.1. The molecular weight excluding hydrogens is 839 g/mol. The molecule has 0 spiro atoms. The fraction of sp³-hybridized carbons (Fsp3) is 0. The van der Waals surface area contributed by atoms with E-state index in [2.05, 4.69) is 263 Å². The van der Waals surface area contributed by atoms with Gasteiger partial charge in [-0.05, 0) is 135 Å². The summed E-state index contributed by atoms with van der Waals surface area (Å²) in [6, 6.07) is 89.2. The van der Waals surface area contributed by atoms with Crippen LogP contribution in [0.2, 0.25) is 0 Å². The second-order valence-corrected chi connectivity index (χ2v) is 17.8. The summed E-state index contributed by atoms with van der Waals surface area (Å²) >= 11 is 0. The lowest BCUT2D eigenvalue weighted by atomic mass is 9.98. The molecule has 0 amide bonds. The quantitative estimate of drug-likeness (QED) is 0.118. The Morgan fingerprint density at radius 3 is 1.42 bits per heavy atom. The van der Waals surface area contributed by atoms with E-state index in [9.17, 15) is 0 Å². The highest BCUT2D eigenvalue weighted by molar-refractivity contribution is 6.27. The second-order valence-electron chi connectivity index (χ2n) is 17.8. The number of rotatable bonds is 7. The predicted molar refractivity (Wildman–Crippen MR) is 291 cm³/mol. The van der Waals surface area contributed by atoms with E-state index >= 15 is 0 Å². The molecule has 0 aliphatic carbocycles. The zero-order valence-electron chi connectivity index (χ0n) is 37.4. The topological polar surface area (TPSA) is 37.2 Å². The standard InChI is InChI=1S/C64H41N5/c1-3-19-46(20-4-1)67(47-21-5-2-6-22-47)52-35-36-55-57(41-52)53-23-11-12-24-54(53)62-63(55)66-64-58(65-62)37-38-60-61(64)56-25-13-14-26-59(56)69(60)49-33-31-48(32-34-49)68(50-29-27-42-15-7-9-17-44(42)39-50)51-30-28-43-16-8-10-18-45(43)40-51/h1-41H. The first kappa shape index (κ1) is 38.9. The fourth-order valence-corrected chi connectivity index (χ4v) is 10.7. The third kappa shape index (κ3) is 6.32. The van der Waals surface area contributed by atoms with Crippen LogP contribution >= 0.6 is 0 Å². The molecule has 0 saturated carbocycles. The molecule has 0 aliphatic heterocycles. The summed E-state index contributed by atoms with van der Waals surface area (Å²) in [5, 5.41) is 11.5. The molecule has 0 atom stereocenters. The van der Waals surface area contributed by atoms with E-state index in [-0.39, 0.29) is 0 Å². The van der Waals surface area contributed by atoms with Crippen molar-refractivity contribution in [3.63, 3.8) is 0 Å². The van der Waals surface area contributed by atoms with Gasteiger partial charge in [-0.25, -0.2) is 9.97 Å². The average molecular weight is 880 g/mol. The second kappa shape index (κ2) is 15.7. The number of hydrogen-bond donors (Lipinski definition) is 0. The van der Waals surface area contributed by atoms with Gasteiger partial charge in [0.25, 0.3) is 0 Å². The van der Waals surface area contributed by atoms with Crippen LogP contribution in [0.5, 0.6) is 0 Å². The molecule has 5 nitrogen and oxygen atoms in total. The van der Waals surface area contributed by atoms with Gasteiger partial charge in [-0.2, -0.15) is 0 Å². The molecule has 0 saturated heterocycles. The molecule has 0 N–H and O–H groups in total. The Balaban J connectivity index is 0.945. The third-order valence-electron chi connectivity index (χ3n) is 13.8. The number of fused-ring (bicyclic) bond motifs is 13. The summed E-state index contributed by atoms with van der Waals surface area (Å²) in [4.78, 5) is 15.9. The summed E-state index contributed by atoms with van der Waals surface area (Å²) in [5.74, 6) is 0. The summed E-state index contributed by atoms with van der Waals surface area (Å²) in [7, 11) is 0. The Hall–Kier alpha value is -9.32. The lowest BCUT2D eigenvalue weighted by Crippen LogP contribution is -2.10. The Kier molecular flexibility index (Phi) is 8.83. The molecule has 2 aromatic heterocycles. The number of aromatic nitrogens is 3. The minimum atomic E-state index is 0.870. The highest BCUT2D eigenvalue weighted by Crippen LogP contribution is 2.43. The van der Waals surface area contributed by atoms with Crippen molar-refractivity contribution in [1.29, 1.82) is 0 Å². The minimum Gasteiger partial charge on any atom is -0.310 e. The van der Waals surface area contributed by atoms with Crippen molar-refractivity contribution in [2.45, 2.75) is 0 Å². The van der Waals surface area contributed by atoms with Gasteiger partial charge in [0.15, 0.2) is 0 Å². The molecule has 12 aromatic carbocycles. The van der Waals surface area contributed by atoms with Crippen molar-refractivity contribution >= 4 is 121 Å². The highest BCUT2D eigenvalue weighted by Gasteiger charge is 2.21. The monoisotopic (exact) mass is 879 g/mol. The van der Waals surface area contributed by atoms with Gasteiger partial charge in [0, 0.05) is 61.4 Å². The number of hydrogen-bond acceptors (Lipinski definition) is 4. The lowest BCUT2D eigenvalue weighted by Gasteiger charge is -2.26. The van der Waals surface area contributed by atoms with Crippen LogP contribution in [0.1, 0.15) is 0 Å². The van der Waals surface area contributed by atoms with Crippen LogP contribution in [0, 0.1) is 0 Å². The zero-order valence-corrected chi connectivity index (χ0v) is 37.4. The van der Waals surface area contributed by atoms with Gasteiger partial charge >= 0.3 is 0 Å². The maximum atomic E-state index is 5.68. The predicted octanol–water partition coefficient (Wildman–Crippen LogP) is 17.4. The SMILES string of the molecule is c1ccc(N(c2ccccc2)c2ccc3c(c2)c2ccccc2c2nc4ccc5c(c6ccccc6n5-c5ccc(N(c6ccc7ccccc7c6)c6ccc7ccccc7c6)cc5)c4nc32)cc1. The van der Waals surface area contributed by atoms with Crippen LogP contribution in [0.4, 0.5) is 34.1 Å². The summed E-state index contributed by atoms with van der Waals surface area (Å²) in [6.07, 6.45) is 0. The van der Waals surface area contributed by atoms with E-state index < -0.39 is 0 Å². The molecule has 0 bridgehead atoms. The Morgan fingerprint density at radius 1 is 0.275 bits per heavy atom. The van der Waals surface area contributed by atoms with Crippen LogP contribution in [-0.2, 0) is 0 Å². The van der Waals surface area contributed by atoms with Gasteiger partial charge in [-0.3, -0.25) is 0 Å². The average Bonchev–Trinajstić information content (AvgIpc) is 3.76. The molecule has 0 fully saturated rings. The number of anilines is 6. The van der Waals surface area contributed by atoms with Crippen molar-refractivity contribution in [3.8, 4) is 5.69 Å². The van der Waals surface area contributed by atoms with Crippen LogP contribution in [0.3, 0.4) is 0 Å². The van der Waals surface area contributed by atoms with E-state index in [0.29, 0.717) is 0 Å². The van der Waals surface area contributed by atoms with E-state index in [1.165, 1.54) is 21.5 Å². The van der Waals surface area contributed by atoms with E-state index in [0.717, 1.165) is 105 Å². The van der Waals surface area contributed by atoms with Crippen molar-refractivity contribution in [3.05, 3.63) is 249 Å². The van der Waals surface area contributed by atoms with E-state index in [4.69, 9.17) is 9.97 Å². The maximum absolute atomic E-state index is 5.68. The minimum absolute atomic E-state index is 0.870. The van der Waals surface area contributed by atoms with E-state index in [1.54, 1.807) is 0 Å². The Bertz CT molecular complexity index is 4200. The van der Waals surface area contributed by atoms with E-state index in [1.807, 2.05) is 0 Å². The van der Waals surface area contributed by atoms with Gasteiger partial charge < -0.3 is 14.4 Å². The Morgan fingerprint density at radius 2 is 0.754 bits per heavy atom. The molecule has 2 heterocycles. The molecule has 0 radical (unpaired) electrons. The first-order valence-electron chi connectivity index (χ1n) is 23.5. The molecular formula is C64H41N5. The number of nitrogens with zero attached hydrogens (tertiary/aromatic N) is 5. The van der Waals surface area contributed by atoms with Crippen LogP contribution in [0.25, 0.3) is 92.6 Å². The van der Waals surface area contributed by atoms with Crippen LogP contribution in [0.15, 0.2) is 249 Å². The van der Waals surface area contributed by atoms with Gasteiger partial charge in [0.1, 0.15) is 0 Å². The van der Waals surface area contributed by atoms with Crippen LogP contribution < -0.4 is 9.80 Å². The molecule has 14 aromatic rings. The maximum Gasteiger partial charge on any atom is 0.0995 e. The molecule has 322 valence electrons. The summed E-state index contributed by atoms with van der Waals surface area (Å²) < 4.78 is 2.38. The largest absolute Gasteiger partial charge is 0.310 e. The normalized spacial score (nSPS) is 11.8. The fourth-order valence-electron chi connectivity index (χ4n) is 10.7. The third-order valence-corrected chi connectivity index (χ3v) is 13.8. The molecule has 69 heavy (non-hydrogen) atoms. The van der Waals surface area contributed by atoms with Crippen molar-refractivity contribution < 1.29 is 0 Å². The smallest absolute Gasteiger partial charge is 0.0995 e. The van der Waals surface area contributed by atoms with Crippen molar-refractivity contribution in [1.82, 2.24) is 14.5 Å². The Labute approximate surface area is 398 Å². The van der Waals surface area contributed by atoms with Crippen LogP contribution in [-0.4, -0.2) is 14.5 Å². The van der Waals surface area contributed by atoms with Gasteiger partial charge in [0.05, 0.1) is 33.1 Å². The molecule has 0 unspecified atom stereocenters. The lowest BCUT2D eigenvalue weighted by molar-refractivity contribution is 1.17.